The van der Waals surface area contributed by atoms with Crippen LogP contribution in [0.4, 0.5) is 4.79 Å². The van der Waals surface area contributed by atoms with Crippen molar-refractivity contribution in [3.8, 4) is 0 Å². The van der Waals surface area contributed by atoms with Crippen LogP contribution in [0.1, 0.15) is 20.3 Å². The maximum Gasteiger partial charge on any atom is 0.412 e. The number of ether oxygens (including phenoxy) is 2. The normalized spacial score (nSPS) is 11.7. The summed E-state index contributed by atoms with van der Waals surface area (Å²) < 4.78 is 9.01. The molecule has 1 atom stereocenters. The van der Waals surface area contributed by atoms with Gasteiger partial charge in [-0.25, -0.2) is 9.59 Å². The van der Waals surface area contributed by atoms with Gasteiger partial charge in [0.25, 0.3) is 0 Å². The summed E-state index contributed by atoms with van der Waals surface area (Å²) in [6.45, 7) is 7.12. The number of carbonyl (C=O) groups is 2. The van der Waals surface area contributed by atoms with E-state index in [1.165, 1.54) is 7.11 Å². The number of alkyl carbamates (subject to hydrolysis) is 1. The Morgan fingerprint density at radius 1 is 1.47 bits per heavy atom. The summed E-state index contributed by atoms with van der Waals surface area (Å²) in [5.41, 5.74) is 0. The summed E-state index contributed by atoms with van der Waals surface area (Å²) in [6, 6.07) is -0.678. The molecule has 0 aliphatic carbocycles. The number of hydrogen-bond acceptors (Lipinski definition) is 4. The van der Waals surface area contributed by atoms with E-state index in [0.717, 1.165) is 6.26 Å². The van der Waals surface area contributed by atoms with Crippen molar-refractivity contribution in [1.82, 2.24) is 5.32 Å². The summed E-state index contributed by atoms with van der Waals surface area (Å²) >= 11 is 0. The lowest BCUT2D eigenvalue weighted by atomic mass is 10.0. The summed E-state index contributed by atoms with van der Waals surface area (Å²) in [5.74, 6) is -0.220. The van der Waals surface area contributed by atoms with Crippen LogP contribution in [0, 0.1) is 5.92 Å². The van der Waals surface area contributed by atoms with Gasteiger partial charge in [0.05, 0.1) is 13.4 Å². The van der Waals surface area contributed by atoms with Crippen LogP contribution in [0.25, 0.3) is 0 Å². The average molecular weight is 215 g/mol. The molecule has 0 rings (SSSR count). The van der Waals surface area contributed by atoms with Crippen LogP contribution in [-0.2, 0) is 14.3 Å². The Kier molecular flexibility index (Phi) is 6.17. The average Bonchev–Trinajstić information content (AvgIpc) is 2.15. The van der Waals surface area contributed by atoms with Crippen molar-refractivity contribution in [1.29, 1.82) is 0 Å². The molecule has 0 aromatic carbocycles. The minimum Gasteiger partial charge on any atom is -0.467 e. The highest BCUT2D eigenvalue weighted by molar-refractivity contribution is 5.81. The van der Waals surface area contributed by atoms with E-state index in [9.17, 15) is 9.59 Å². The zero-order valence-corrected chi connectivity index (χ0v) is 9.28. The third-order valence-corrected chi connectivity index (χ3v) is 1.68. The Balaban J connectivity index is 4.29. The number of rotatable bonds is 5. The van der Waals surface area contributed by atoms with Gasteiger partial charge in [-0.15, -0.1) is 0 Å². The van der Waals surface area contributed by atoms with E-state index in [1.807, 2.05) is 13.8 Å². The number of methoxy groups -OCH3 is 1. The van der Waals surface area contributed by atoms with Gasteiger partial charge in [-0.05, 0) is 12.3 Å². The minimum atomic E-state index is -0.707. The highest BCUT2D eigenvalue weighted by atomic mass is 16.5. The second kappa shape index (κ2) is 6.86. The predicted octanol–water partition coefficient (Wildman–Crippen LogP) is 1.44. The fourth-order valence-electron chi connectivity index (χ4n) is 1.08. The van der Waals surface area contributed by atoms with Crippen LogP contribution in [0.5, 0.6) is 0 Å². The Morgan fingerprint density at radius 2 is 2.07 bits per heavy atom. The monoisotopic (exact) mass is 215 g/mol. The zero-order valence-electron chi connectivity index (χ0n) is 9.28. The van der Waals surface area contributed by atoms with Crippen molar-refractivity contribution in [2.75, 3.05) is 7.11 Å². The molecule has 0 heterocycles. The van der Waals surface area contributed by atoms with E-state index >= 15 is 0 Å². The van der Waals surface area contributed by atoms with Gasteiger partial charge in [-0.2, -0.15) is 0 Å². The molecule has 0 fully saturated rings. The molecule has 5 heteroatoms. The molecule has 15 heavy (non-hydrogen) atoms. The summed E-state index contributed by atoms with van der Waals surface area (Å²) in [7, 11) is 1.27. The van der Waals surface area contributed by atoms with Gasteiger partial charge < -0.3 is 14.8 Å². The van der Waals surface area contributed by atoms with Crippen LogP contribution in [0.2, 0.25) is 0 Å². The van der Waals surface area contributed by atoms with Gasteiger partial charge in [-0.1, -0.05) is 20.4 Å². The zero-order chi connectivity index (χ0) is 11.8. The molecule has 0 bridgehead atoms. The molecule has 1 amide bonds. The molecule has 0 saturated carbocycles. The molecule has 0 aromatic heterocycles. The first kappa shape index (κ1) is 13.5. The maximum atomic E-state index is 11.3. The van der Waals surface area contributed by atoms with Crippen LogP contribution in [0.3, 0.4) is 0 Å². The first-order chi connectivity index (χ1) is 7.01. The van der Waals surface area contributed by atoms with E-state index in [0.29, 0.717) is 6.42 Å². The summed E-state index contributed by atoms with van der Waals surface area (Å²) in [5, 5.41) is 2.39. The van der Waals surface area contributed by atoms with Gasteiger partial charge in [0, 0.05) is 0 Å². The van der Waals surface area contributed by atoms with Crippen LogP contribution in [-0.4, -0.2) is 25.2 Å². The molecule has 0 unspecified atom stereocenters. The van der Waals surface area contributed by atoms with E-state index in [-0.39, 0.29) is 5.92 Å². The minimum absolute atomic E-state index is 0.262. The summed E-state index contributed by atoms with van der Waals surface area (Å²) in [4.78, 5) is 22.3. The topological polar surface area (TPSA) is 64.6 Å². The van der Waals surface area contributed by atoms with Crippen molar-refractivity contribution < 1.29 is 19.1 Å². The molecular weight excluding hydrogens is 198 g/mol. The number of esters is 1. The Hall–Kier alpha value is -1.52. The molecular formula is C10H17NO4. The second-order valence-corrected chi connectivity index (χ2v) is 3.42. The number of carbonyl (C=O) groups excluding carboxylic acids is 2. The highest BCUT2D eigenvalue weighted by Gasteiger charge is 2.22. The van der Waals surface area contributed by atoms with Gasteiger partial charge in [0.1, 0.15) is 6.04 Å². The van der Waals surface area contributed by atoms with E-state index < -0.39 is 18.1 Å². The van der Waals surface area contributed by atoms with Crippen LogP contribution in [0.15, 0.2) is 12.8 Å². The molecule has 0 spiro atoms. The Morgan fingerprint density at radius 3 is 2.47 bits per heavy atom. The van der Waals surface area contributed by atoms with Crippen molar-refractivity contribution in [2.24, 2.45) is 5.92 Å². The molecule has 0 saturated heterocycles. The maximum absolute atomic E-state index is 11.3. The van der Waals surface area contributed by atoms with E-state index in [1.54, 1.807) is 0 Å². The third-order valence-electron chi connectivity index (χ3n) is 1.68. The molecule has 5 nitrogen and oxygen atoms in total. The molecule has 0 aliphatic rings. The van der Waals surface area contributed by atoms with Gasteiger partial charge in [0.2, 0.25) is 0 Å². The summed E-state index contributed by atoms with van der Waals surface area (Å²) in [6.07, 6.45) is 0.791. The molecule has 0 radical (unpaired) electrons. The Bertz CT molecular complexity index is 238. The fraction of sp³-hybridized carbons (Fsp3) is 0.600. The smallest absolute Gasteiger partial charge is 0.412 e. The number of nitrogens with one attached hydrogen (secondary N) is 1. The van der Waals surface area contributed by atoms with E-state index in [2.05, 4.69) is 21.4 Å². The lowest BCUT2D eigenvalue weighted by Gasteiger charge is -2.17. The van der Waals surface area contributed by atoms with E-state index in [4.69, 9.17) is 0 Å². The quantitative estimate of drug-likeness (QED) is 0.556. The lowest BCUT2D eigenvalue weighted by Crippen LogP contribution is -2.42. The molecule has 1 N–H and O–H groups in total. The second-order valence-electron chi connectivity index (χ2n) is 3.42. The first-order valence-corrected chi connectivity index (χ1v) is 4.67. The van der Waals surface area contributed by atoms with Gasteiger partial charge in [-0.3, -0.25) is 0 Å². The van der Waals surface area contributed by atoms with Crippen LogP contribution >= 0.6 is 0 Å². The van der Waals surface area contributed by atoms with Crippen LogP contribution < -0.4 is 5.32 Å². The SMILES string of the molecule is C=COC(=O)N[C@@H](CC(C)C)C(=O)OC. The molecule has 86 valence electrons. The Labute approximate surface area is 89.4 Å². The lowest BCUT2D eigenvalue weighted by molar-refractivity contribution is -0.143. The standard InChI is InChI=1S/C10H17NO4/c1-5-15-10(13)11-8(6-7(2)3)9(12)14-4/h5,7-8H,1,6H2,2-4H3,(H,11,13)/t8-/m0/s1. The van der Waals surface area contributed by atoms with Crippen molar-refractivity contribution >= 4 is 12.1 Å². The van der Waals surface area contributed by atoms with Gasteiger partial charge >= 0.3 is 12.1 Å². The molecule has 0 aliphatic heterocycles. The van der Waals surface area contributed by atoms with Crippen molar-refractivity contribution in [3.63, 3.8) is 0 Å². The highest BCUT2D eigenvalue weighted by Crippen LogP contribution is 2.06. The van der Waals surface area contributed by atoms with Gasteiger partial charge in [0.15, 0.2) is 0 Å². The first-order valence-electron chi connectivity index (χ1n) is 4.67. The predicted molar refractivity (Wildman–Crippen MR) is 55.1 cm³/mol. The number of hydrogen-bond donors (Lipinski definition) is 1. The third kappa shape index (κ3) is 5.72. The molecule has 0 aromatic rings. The fourth-order valence-corrected chi connectivity index (χ4v) is 1.08. The van der Waals surface area contributed by atoms with Crippen molar-refractivity contribution in [3.05, 3.63) is 12.8 Å². The number of amides is 1. The largest absolute Gasteiger partial charge is 0.467 e. The van der Waals surface area contributed by atoms with Crippen molar-refractivity contribution in [2.45, 2.75) is 26.3 Å².